The van der Waals surface area contributed by atoms with Gasteiger partial charge in [-0.05, 0) is 23.7 Å². The Morgan fingerprint density at radius 3 is 2.53 bits per heavy atom. The first-order chi connectivity index (χ1) is 7.24. The molecule has 2 aromatic rings. The number of hydrogen-bond donors (Lipinski definition) is 0. The molecule has 0 spiro atoms. The van der Waals surface area contributed by atoms with Crippen LogP contribution >= 0.6 is 34.7 Å². The molecule has 1 aromatic carbocycles. The third-order valence-electron chi connectivity index (χ3n) is 1.89. The maximum atomic E-state index is 8.88. The molecule has 0 unspecified atom stereocenters. The van der Waals surface area contributed by atoms with Crippen LogP contribution in [0.15, 0.2) is 23.6 Å². The molecule has 0 aliphatic heterocycles. The van der Waals surface area contributed by atoms with E-state index in [1.807, 2.05) is 0 Å². The fourth-order valence-electron chi connectivity index (χ4n) is 1.22. The number of nitrogens with zero attached hydrogens (tertiary/aromatic N) is 2. The molecular weight excluding hydrogens is 251 g/mol. The van der Waals surface area contributed by atoms with E-state index in [1.165, 1.54) is 11.5 Å². The lowest BCUT2D eigenvalue weighted by atomic mass is 10.1. The molecule has 0 N–H and O–H groups in total. The molecule has 1 aromatic heterocycles. The van der Waals surface area contributed by atoms with Crippen LogP contribution in [0.4, 0.5) is 0 Å². The van der Waals surface area contributed by atoms with Gasteiger partial charge in [0, 0.05) is 10.9 Å². The third-order valence-corrected chi connectivity index (χ3v) is 3.15. The van der Waals surface area contributed by atoms with Crippen molar-refractivity contribution in [1.82, 2.24) is 4.37 Å². The van der Waals surface area contributed by atoms with Crippen LogP contribution in [0.5, 0.6) is 0 Å². The average Bonchev–Trinajstić information content (AvgIpc) is 2.65. The van der Waals surface area contributed by atoms with E-state index in [9.17, 15) is 0 Å². The number of hydrogen-bond acceptors (Lipinski definition) is 3. The smallest absolute Gasteiger partial charge is 0.105 e. The normalized spacial score (nSPS) is 9.93. The molecule has 0 radical (unpaired) electrons. The van der Waals surface area contributed by atoms with Gasteiger partial charge >= 0.3 is 0 Å². The van der Waals surface area contributed by atoms with Gasteiger partial charge in [0.15, 0.2) is 0 Å². The molecule has 1 heterocycles. The van der Waals surface area contributed by atoms with Crippen LogP contribution in [0, 0.1) is 11.3 Å². The molecule has 0 aliphatic rings. The predicted molar refractivity (Wildman–Crippen MR) is 62.3 cm³/mol. The highest BCUT2D eigenvalue weighted by atomic mass is 35.5. The quantitative estimate of drug-likeness (QED) is 0.772. The summed E-state index contributed by atoms with van der Waals surface area (Å²) in [6.07, 6.45) is 0. The number of nitriles is 1. The lowest BCUT2D eigenvalue weighted by Gasteiger charge is -2.03. The molecule has 74 valence electrons. The van der Waals surface area contributed by atoms with Gasteiger partial charge < -0.3 is 0 Å². The molecule has 0 aliphatic carbocycles. The van der Waals surface area contributed by atoms with E-state index in [0.29, 0.717) is 26.9 Å². The Morgan fingerprint density at radius 2 is 1.93 bits per heavy atom. The zero-order chi connectivity index (χ0) is 10.8. The van der Waals surface area contributed by atoms with E-state index in [2.05, 4.69) is 10.4 Å². The first-order valence-electron chi connectivity index (χ1n) is 4.03. The largest absolute Gasteiger partial charge is 0.192 e. The molecule has 0 amide bonds. The second-order valence-electron chi connectivity index (χ2n) is 2.79. The Morgan fingerprint density at radius 1 is 1.27 bits per heavy atom. The van der Waals surface area contributed by atoms with Gasteiger partial charge in [-0.3, -0.25) is 0 Å². The van der Waals surface area contributed by atoms with E-state index >= 15 is 0 Å². The Bertz CT molecular complexity index is 522. The van der Waals surface area contributed by atoms with E-state index in [-0.39, 0.29) is 0 Å². The Kier molecular flexibility index (Phi) is 2.92. The van der Waals surface area contributed by atoms with Gasteiger partial charge in [0.25, 0.3) is 0 Å². The fourth-order valence-corrected chi connectivity index (χ4v) is 2.41. The van der Waals surface area contributed by atoms with Crippen LogP contribution in [0.1, 0.15) is 5.56 Å². The summed E-state index contributed by atoms with van der Waals surface area (Å²) < 4.78 is 4.13. The van der Waals surface area contributed by atoms with E-state index in [1.54, 1.807) is 23.6 Å². The standard InChI is InChI=1S/C10H4Cl2N2S/c11-7-2-1-3-8(12)9(7)10-6(4-13)5-15-14-10/h1-3,5H. The first-order valence-corrected chi connectivity index (χ1v) is 5.62. The maximum Gasteiger partial charge on any atom is 0.105 e. The summed E-state index contributed by atoms with van der Waals surface area (Å²) in [6.45, 7) is 0. The zero-order valence-corrected chi connectivity index (χ0v) is 9.70. The minimum Gasteiger partial charge on any atom is -0.192 e. The van der Waals surface area contributed by atoms with Gasteiger partial charge in [-0.25, -0.2) is 0 Å². The van der Waals surface area contributed by atoms with Gasteiger partial charge in [0.05, 0.1) is 15.6 Å². The van der Waals surface area contributed by atoms with Crippen molar-refractivity contribution < 1.29 is 0 Å². The average molecular weight is 255 g/mol. The fraction of sp³-hybridized carbons (Fsp3) is 0. The van der Waals surface area contributed by atoms with Gasteiger partial charge in [0.2, 0.25) is 0 Å². The summed E-state index contributed by atoms with van der Waals surface area (Å²) in [5.41, 5.74) is 1.67. The Hall–Kier alpha value is -1.08. The third kappa shape index (κ3) is 1.84. The molecule has 5 heteroatoms. The molecule has 0 atom stereocenters. The highest BCUT2D eigenvalue weighted by Gasteiger charge is 2.14. The lowest BCUT2D eigenvalue weighted by Crippen LogP contribution is -1.84. The van der Waals surface area contributed by atoms with Crippen LogP contribution in [-0.2, 0) is 0 Å². The molecule has 2 nitrogen and oxygen atoms in total. The van der Waals surface area contributed by atoms with Crippen molar-refractivity contribution in [3.63, 3.8) is 0 Å². The number of halogens is 2. The predicted octanol–water partition coefficient (Wildman–Crippen LogP) is 3.99. The number of benzene rings is 1. The van der Waals surface area contributed by atoms with Crippen molar-refractivity contribution in [1.29, 1.82) is 5.26 Å². The number of rotatable bonds is 1. The topological polar surface area (TPSA) is 36.7 Å². The van der Waals surface area contributed by atoms with Crippen molar-refractivity contribution >= 4 is 34.7 Å². The van der Waals surface area contributed by atoms with Gasteiger partial charge in [-0.2, -0.15) is 9.64 Å². The van der Waals surface area contributed by atoms with Crippen LogP contribution in [0.3, 0.4) is 0 Å². The Balaban J connectivity index is 2.70. The molecule has 0 saturated heterocycles. The molecule has 15 heavy (non-hydrogen) atoms. The molecular formula is C10H4Cl2N2S. The summed E-state index contributed by atoms with van der Waals surface area (Å²) in [6, 6.07) is 7.27. The SMILES string of the molecule is N#Cc1csnc1-c1c(Cl)cccc1Cl. The number of aromatic nitrogens is 1. The van der Waals surface area contributed by atoms with Crippen LogP contribution < -0.4 is 0 Å². The van der Waals surface area contributed by atoms with Gasteiger partial charge in [-0.15, -0.1) is 0 Å². The summed E-state index contributed by atoms with van der Waals surface area (Å²) in [4.78, 5) is 0. The van der Waals surface area contributed by atoms with Crippen molar-refractivity contribution in [3.8, 4) is 17.3 Å². The van der Waals surface area contributed by atoms with E-state index in [4.69, 9.17) is 28.5 Å². The summed E-state index contributed by atoms with van der Waals surface area (Å²) >= 11 is 13.3. The minimum absolute atomic E-state index is 0.495. The van der Waals surface area contributed by atoms with E-state index in [0.717, 1.165) is 0 Å². The summed E-state index contributed by atoms with van der Waals surface area (Å²) in [5.74, 6) is 0. The molecule has 0 saturated carbocycles. The van der Waals surface area contributed by atoms with Crippen LogP contribution in [0.25, 0.3) is 11.3 Å². The van der Waals surface area contributed by atoms with Crippen molar-refractivity contribution in [2.24, 2.45) is 0 Å². The van der Waals surface area contributed by atoms with Gasteiger partial charge in [0.1, 0.15) is 11.8 Å². The maximum absolute atomic E-state index is 8.88. The Labute approximate surface area is 101 Å². The van der Waals surface area contributed by atoms with Crippen molar-refractivity contribution in [2.45, 2.75) is 0 Å². The summed E-state index contributed by atoms with van der Waals surface area (Å²) in [7, 11) is 0. The van der Waals surface area contributed by atoms with Crippen molar-refractivity contribution in [2.75, 3.05) is 0 Å². The van der Waals surface area contributed by atoms with Crippen molar-refractivity contribution in [3.05, 3.63) is 39.2 Å². The molecule has 0 fully saturated rings. The second-order valence-corrected chi connectivity index (χ2v) is 4.23. The summed E-state index contributed by atoms with van der Waals surface area (Å²) in [5, 5.41) is 11.6. The van der Waals surface area contributed by atoms with Crippen LogP contribution in [-0.4, -0.2) is 4.37 Å². The van der Waals surface area contributed by atoms with E-state index < -0.39 is 0 Å². The monoisotopic (exact) mass is 254 g/mol. The molecule has 0 bridgehead atoms. The highest BCUT2D eigenvalue weighted by Crippen LogP contribution is 2.35. The molecule has 2 rings (SSSR count). The second kappa shape index (κ2) is 4.19. The minimum atomic E-state index is 0.495. The zero-order valence-electron chi connectivity index (χ0n) is 7.37. The van der Waals surface area contributed by atoms with Gasteiger partial charge in [-0.1, -0.05) is 29.3 Å². The highest BCUT2D eigenvalue weighted by molar-refractivity contribution is 7.04. The lowest BCUT2D eigenvalue weighted by molar-refractivity contribution is 1.46. The van der Waals surface area contributed by atoms with Crippen LogP contribution in [0.2, 0.25) is 10.0 Å². The first kappa shape index (κ1) is 10.4.